The predicted octanol–water partition coefficient (Wildman–Crippen LogP) is 4.68. The minimum atomic E-state index is 0.328. The molecule has 1 N–H and O–H groups in total. The fourth-order valence-electron chi connectivity index (χ4n) is 1.89. The van der Waals surface area contributed by atoms with Gasteiger partial charge in [-0.25, -0.2) is 4.98 Å². The van der Waals surface area contributed by atoms with Crippen LogP contribution in [0.3, 0.4) is 0 Å². The summed E-state index contributed by atoms with van der Waals surface area (Å²) < 4.78 is 6.44. The van der Waals surface area contributed by atoms with Gasteiger partial charge < -0.3 is 5.32 Å². The molecule has 0 radical (unpaired) electrons. The lowest BCUT2D eigenvalue weighted by Crippen LogP contribution is -2.18. The second kappa shape index (κ2) is 7.54. The smallest absolute Gasteiger partial charge is 0.174 e. The molecule has 0 aliphatic rings. The molecule has 1 heterocycles. The lowest BCUT2D eigenvalue weighted by Gasteiger charge is -2.16. The molecule has 0 saturated heterocycles. The Morgan fingerprint density at radius 3 is 2.85 bits per heavy atom. The Hall–Kier alpha value is -0.430. The summed E-state index contributed by atoms with van der Waals surface area (Å²) in [5.74, 6) is 0.925. The molecular weight excluding hydrogens is 354 g/mol. The molecule has 0 amide bonds. The summed E-state index contributed by atoms with van der Waals surface area (Å²) in [6.07, 6.45) is 0.885. The van der Waals surface area contributed by atoms with E-state index in [1.165, 1.54) is 22.0 Å². The fourth-order valence-corrected chi connectivity index (χ4v) is 4.32. The van der Waals surface area contributed by atoms with Crippen molar-refractivity contribution in [2.45, 2.75) is 42.5 Å². The average Bonchev–Trinajstić information content (AvgIpc) is 2.87. The molecule has 0 aliphatic carbocycles. The van der Waals surface area contributed by atoms with Crippen LogP contribution in [-0.2, 0) is 6.42 Å². The maximum Gasteiger partial charge on any atom is 0.174 e. The van der Waals surface area contributed by atoms with E-state index in [4.69, 9.17) is 0 Å². The molecule has 0 fully saturated rings. The SMILES string of the molecule is CCNC(C)c1ccc(Br)cc1Sc1nc(CC)ns1. The Morgan fingerprint density at radius 2 is 2.20 bits per heavy atom. The van der Waals surface area contributed by atoms with Crippen LogP contribution >= 0.6 is 39.2 Å². The van der Waals surface area contributed by atoms with Crippen molar-refractivity contribution in [2.24, 2.45) is 0 Å². The molecule has 2 rings (SSSR count). The van der Waals surface area contributed by atoms with Crippen LogP contribution in [0, 0.1) is 0 Å². The third kappa shape index (κ3) is 4.04. The Balaban J connectivity index is 2.26. The first kappa shape index (κ1) is 15.9. The van der Waals surface area contributed by atoms with E-state index in [1.807, 2.05) is 0 Å². The molecular formula is C14H18BrN3S2. The van der Waals surface area contributed by atoms with Crippen LogP contribution in [0.4, 0.5) is 0 Å². The first-order valence-corrected chi connectivity index (χ1v) is 9.05. The largest absolute Gasteiger partial charge is 0.310 e. The Labute approximate surface area is 136 Å². The zero-order valence-electron chi connectivity index (χ0n) is 11.8. The van der Waals surface area contributed by atoms with Gasteiger partial charge in [-0.3, -0.25) is 0 Å². The molecule has 2 aromatic rings. The summed E-state index contributed by atoms with van der Waals surface area (Å²) in [5.41, 5.74) is 1.30. The zero-order chi connectivity index (χ0) is 14.5. The highest BCUT2D eigenvalue weighted by molar-refractivity contribution is 9.10. The minimum absolute atomic E-state index is 0.328. The Morgan fingerprint density at radius 1 is 1.40 bits per heavy atom. The van der Waals surface area contributed by atoms with Crippen molar-refractivity contribution in [2.75, 3.05) is 6.54 Å². The number of aromatic nitrogens is 2. The maximum absolute atomic E-state index is 4.53. The van der Waals surface area contributed by atoms with Gasteiger partial charge in [0.05, 0.1) is 0 Å². The molecule has 1 aromatic heterocycles. The standard InChI is InChI=1S/C14H18BrN3S2/c1-4-13-17-14(20-18-13)19-12-8-10(15)6-7-11(12)9(3)16-5-2/h6-9,16H,4-5H2,1-3H3. The number of nitrogens with zero attached hydrogens (tertiary/aromatic N) is 2. The molecule has 1 atom stereocenters. The first-order valence-electron chi connectivity index (χ1n) is 6.67. The quantitative estimate of drug-likeness (QED) is 0.799. The van der Waals surface area contributed by atoms with Gasteiger partial charge in [-0.15, -0.1) is 0 Å². The lowest BCUT2D eigenvalue weighted by molar-refractivity contribution is 0.589. The highest BCUT2D eigenvalue weighted by Gasteiger charge is 2.13. The van der Waals surface area contributed by atoms with Crippen molar-refractivity contribution >= 4 is 39.2 Å². The summed E-state index contributed by atoms with van der Waals surface area (Å²) in [6.45, 7) is 7.35. The molecule has 0 spiro atoms. The van der Waals surface area contributed by atoms with E-state index in [0.29, 0.717) is 6.04 Å². The van der Waals surface area contributed by atoms with Gasteiger partial charge in [-0.1, -0.05) is 47.6 Å². The second-order valence-electron chi connectivity index (χ2n) is 4.39. The van der Waals surface area contributed by atoms with Crippen LogP contribution in [-0.4, -0.2) is 15.9 Å². The average molecular weight is 372 g/mol. The van der Waals surface area contributed by atoms with Gasteiger partial charge in [0.15, 0.2) is 4.34 Å². The molecule has 0 bridgehead atoms. The van der Waals surface area contributed by atoms with Crippen molar-refractivity contribution in [3.8, 4) is 0 Å². The Bertz CT molecular complexity index is 571. The van der Waals surface area contributed by atoms with Gasteiger partial charge in [-0.2, -0.15) is 4.37 Å². The van der Waals surface area contributed by atoms with Crippen LogP contribution in [0.15, 0.2) is 31.9 Å². The van der Waals surface area contributed by atoms with Crippen LogP contribution in [0.25, 0.3) is 0 Å². The van der Waals surface area contributed by atoms with Crippen LogP contribution in [0.2, 0.25) is 0 Å². The molecule has 0 aliphatic heterocycles. The lowest BCUT2D eigenvalue weighted by atomic mass is 10.1. The zero-order valence-corrected chi connectivity index (χ0v) is 15.0. The third-order valence-electron chi connectivity index (χ3n) is 2.92. The van der Waals surface area contributed by atoms with E-state index < -0.39 is 0 Å². The number of hydrogen-bond donors (Lipinski definition) is 1. The molecule has 3 nitrogen and oxygen atoms in total. The molecule has 1 aromatic carbocycles. The summed E-state index contributed by atoms with van der Waals surface area (Å²) in [7, 11) is 0. The van der Waals surface area contributed by atoms with Crippen LogP contribution in [0.5, 0.6) is 0 Å². The fraction of sp³-hybridized carbons (Fsp3) is 0.429. The van der Waals surface area contributed by atoms with Gasteiger partial charge in [0.1, 0.15) is 5.82 Å². The molecule has 0 saturated carbocycles. The van der Waals surface area contributed by atoms with Crippen LogP contribution < -0.4 is 5.32 Å². The van der Waals surface area contributed by atoms with Gasteiger partial charge in [0.25, 0.3) is 0 Å². The predicted molar refractivity (Wildman–Crippen MR) is 89.6 cm³/mol. The number of aryl methyl sites for hydroxylation is 1. The van der Waals surface area contributed by atoms with E-state index in [2.05, 4.69) is 69.6 Å². The van der Waals surface area contributed by atoms with Gasteiger partial charge in [-0.05, 0) is 42.7 Å². The van der Waals surface area contributed by atoms with E-state index in [-0.39, 0.29) is 0 Å². The van der Waals surface area contributed by atoms with Crippen molar-refractivity contribution in [3.63, 3.8) is 0 Å². The summed E-state index contributed by atoms with van der Waals surface area (Å²) in [6, 6.07) is 6.74. The highest BCUT2D eigenvalue weighted by Crippen LogP contribution is 2.36. The summed E-state index contributed by atoms with van der Waals surface area (Å²) >= 11 is 6.72. The Kier molecular flexibility index (Phi) is 6.01. The normalized spacial score (nSPS) is 12.6. The number of rotatable bonds is 6. The third-order valence-corrected chi connectivity index (χ3v) is 5.27. The van der Waals surface area contributed by atoms with Crippen molar-refractivity contribution in [1.82, 2.24) is 14.7 Å². The monoisotopic (exact) mass is 371 g/mol. The minimum Gasteiger partial charge on any atom is -0.310 e. The van der Waals surface area contributed by atoms with E-state index in [0.717, 1.165) is 27.6 Å². The van der Waals surface area contributed by atoms with E-state index in [9.17, 15) is 0 Å². The topological polar surface area (TPSA) is 37.8 Å². The first-order chi connectivity index (χ1) is 9.63. The van der Waals surface area contributed by atoms with Crippen molar-refractivity contribution < 1.29 is 0 Å². The van der Waals surface area contributed by atoms with E-state index in [1.54, 1.807) is 11.8 Å². The molecule has 108 valence electrons. The molecule has 6 heteroatoms. The maximum atomic E-state index is 4.53. The van der Waals surface area contributed by atoms with E-state index >= 15 is 0 Å². The number of halogens is 1. The van der Waals surface area contributed by atoms with Gasteiger partial charge in [0, 0.05) is 21.8 Å². The number of benzene rings is 1. The summed E-state index contributed by atoms with van der Waals surface area (Å²) in [5, 5.41) is 3.46. The highest BCUT2D eigenvalue weighted by atomic mass is 79.9. The molecule has 1 unspecified atom stereocenters. The van der Waals surface area contributed by atoms with Crippen molar-refractivity contribution in [3.05, 3.63) is 34.1 Å². The summed E-state index contributed by atoms with van der Waals surface area (Å²) in [4.78, 5) is 5.76. The molecule has 20 heavy (non-hydrogen) atoms. The van der Waals surface area contributed by atoms with Crippen molar-refractivity contribution in [1.29, 1.82) is 0 Å². The number of nitrogens with one attached hydrogen (secondary N) is 1. The van der Waals surface area contributed by atoms with Gasteiger partial charge in [0.2, 0.25) is 0 Å². The number of hydrogen-bond acceptors (Lipinski definition) is 5. The second-order valence-corrected chi connectivity index (χ2v) is 7.35. The van der Waals surface area contributed by atoms with Crippen LogP contribution in [0.1, 0.15) is 38.2 Å². The van der Waals surface area contributed by atoms with Gasteiger partial charge >= 0.3 is 0 Å².